The zero-order valence-corrected chi connectivity index (χ0v) is 14.4. The van der Waals surface area contributed by atoms with Crippen molar-refractivity contribution in [1.29, 1.82) is 0 Å². The summed E-state index contributed by atoms with van der Waals surface area (Å²) < 4.78 is 4.64. The number of methoxy groups -OCH3 is 1. The van der Waals surface area contributed by atoms with Gasteiger partial charge in [0.1, 0.15) is 0 Å². The molecule has 0 saturated carbocycles. The fourth-order valence-electron chi connectivity index (χ4n) is 2.32. The molecule has 0 aliphatic rings. The first-order chi connectivity index (χ1) is 12.2. The van der Waals surface area contributed by atoms with Crippen molar-refractivity contribution in [3.63, 3.8) is 0 Å². The molecular formula is C19H16N2O3S. The molecule has 0 aliphatic heterocycles. The molecule has 0 atom stereocenters. The Hall–Kier alpha value is -2.99. The highest BCUT2D eigenvalue weighted by atomic mass is 32.1. The van der Waals surface area contributed by atoms with Gasteiger partial charge in [-0.1, -0.05) is 6.07 Å². The Balaban J connectivity index is 1.64. The molecule has 5 nitrogen and oxygen atoms in total. The van der Waals surface area contributed by atoms with Gasteiger partial charge in [-0.2, -0.15) is 0 Å². The molecule has 0 bridgehead atoms. The SMILES string of the molecule is COC(=O)c1ccc(C(=O)NCc2cncc(-c3cccs3)c2)cc1. The summed E-state index contributed by atoms with van der Waals surface area (Å²) in [6, 6.07) is 12.4. The lowest BCUT2D eigenvalue weighted by Crippen LogP contribution is -2.22. The summed E-state index contributed by atoms with van der Waals surface area (Å²) in [4.78, 5) is 29.0. The van der Waals surface area contributed by atoms with E-state index in [1.807, 2.05) is 29.8 Å². The topological polar surface area (TPSA) is 68.3 Å². The smallest absolute Gasteiger partial charge is 0.337 e. The molecule has 0 radical (unpaired) electrons. The minimum atomic E-state index is -0.427. The number of pyridine rings is 1. The van der Waals surface area contributed by atoms with Crippen LogP contribution in [-0.2, 0) is 11.3 Å². The van der Waals surface area contributed by atoms with Crippen molar-refractivity contribution in [2.45, 2.75) is 6.54 Å². The molecule has 1 N–H and O–H groups in total. The number of nitrogens with zero attached hydrogens (tertiary/aromatic N) is 1. The van der Waals surface area contributed by atoms with Gasteiger partial charge in [-0.05, 0) is 47.3 Å². The Kier molecular flexibility index (Phi) is 5.20. The zero-order chi connectivity index (χ0) is 17.6. The maximum Gasteiger partial charge on any atom is 0.337 e. The normalized spacial score (nSPS) is 10.3. The van der Waals surface area contributed by atoms with Crippen LogP contribution in [0.3, 0.4) is 0 Å². The van der Waals surface area contributed by atoms with E-state index in [2.05, 4.69) is 15.0 Å². The molecule has 2 heterocycles. The van der Waals surface area contributed by atoms with Gasteiger partial charge in [-0.25, -0.2) is 4.79 Å². The molecule has 3 rings (SSSR count). The monoisotopic (exact) mass is 352 g/mol. The van der Waals surface area contributed by atoms with E-state index in [0.29, 0.717) is 17.7 Å². The summed E-state index contributed by atoms with van der Waals surface area (Å²) in [5.74, 6) is -0.638. The fourth-order valence-corrected chi connectivity index (χ4v) is 3.03. The summed E-state index contributed by atoms with van der Waals surface area (Å²) >= 11 is 1.65. The van der Waals surface area contributed by atoms with E-state index in [0.717, 1.165) is 16.0 Å². The first-order valence-electron chi connectivity index (χ1n) is 7.62. The van der Waals surface area contributed by atoms with Gasteiger partial charge in [-0.3, -0.25) is 9.78 Å². The van der Waals surface area contributed by atoms with Crippen LogP contribution in [0.1, 0.15) is 26.3 Å². The number of nitrogens with one attached hydrogen (secondary N) is 1. The Bertz CT molecular complexity index is 874. The van der Waals surface area contributed by atoms with Crippen molar-refractivity contribution in [3.05, 3.63) is 76.9 Å². The van der Waals surface area contributed by atoms with Crippen molar-refractivity contribution < 1.29 is 14.3 Å². The van der Waals surface area contributed by atoms with E-state index in [9.17, 15) is 9.59 Å². The standard InChI is InChI=1S/C19H16N2O3S/c1-24-19(23)15-6-4-14(5-7-15)18(22)21-11-13-9-16(12-20-10-13)17-3-2-8-25-17/h2-10,12H,11H2,1H3,(H,21,22). The van der Waals surface area contributed by atoms with Crippen LogP contribution in [-0.4, -0.2) is 24.0 Å². The molecule has 2 aromatic heterocycles. The van der Waals surface area contributed by atoms with Gasteiger partial charge in [0.2, 0.25) is 0 Å². The third kappa shape index (κ3) is 4.10. The molecule has 0 saturated heterocycles. The van der Waals surface area contributed by atoms with Crippen LogP contribution in [0, 0.1) is 0 Å². The fraction of sp³-hybridized carbons (Fsp3) is 0.105. The van der Waals surface area contributed by atoms with Gasteiger partial charge < -0.3 is 10.1 Å². The second-order valence-corrected chi connectivity index (χ2v) is 6.26. The first kappa shape index (κ1) is 16.9. The van der Waals surface area contributed by atoms with Crippen LogP contribution in [0.15, 0.2) is 60.2 Å². The quantitative estimate of drug-likeness (QED) is 0.713. The van der Waals surface area contributed by atoms with E-state index >= 15 is 0 Å². The average molecular weight is 352 g/mol. The second-order valence-electron chi connectivity index (χ2n) is 5.31. The molecule has 0 fully saturated rings. The summed E-state index contributed by atoms with van der Waals surface area (Å²) in [6.45, 7) is 0.379. The number of esters is 1. The molecule has 0 aliphatic carbocycles. The third-order valence-electron chi connectivity index (χ3n) is 3.62. The lowest BCUT2D eigenvalue weighted by Gasteiger charge is -2.07. The Morgan fingerprint density at radius 1 is 1.12 bits per heavy atom. The van der Waals surface area contributed by atoms with Crippen molar-refractivity contribution in [2.24, 2.45) is 0 Å². The summed E-state index contributed by atoms with van der Waals surface area (Å²) in [6.07, 6.45) is 3.54. The number of rotatable bonds is 5. The Morgan fingerprint density at radius 2 is 1.88 bits per heavy atom. The summed E-state index contributed by atoms with van der Waals surface area (Å²) in [5.41, 5.74) is 2.84. The van der Waals surface area contributed by atoms with Crippen LogP contribution in [0.4, 0.5) is 0 Å². The Morgan fingerprint density at radius 3 is 2.56 bits per heavy atom. The van der Waals surface area contributed by atoms with Gasteiger partial charge >= 0.3 is 5.97 Å². The van der Waals surface area contributed by atoms with Gasteiger partial charge in [0.05, 0.1) is 12.7 Å². The number of ether oxygens (including phenoxy) is 1. The minimum absolute atomic E-state index is 0.210. The second kappa shape index (κ2) is 7.72. The highest BCUT2D eigenvalue weighted by Gasteiger charge is 2.09. The predicted octanol–water partition coefficient (Wildman–Crippen LogP) is 3.53. The van der Waals surface area contributed by atoms with E-state index in [4.69, 9.17) is 0 Å². The van der Waals surface area contributed by atoms with E-state index in [1.54, 1.807) is 41.8 Å². The van der Waals surface area contributed by atoms with Crippen molar-refractivity contribution in [3.8, 4) is 10.4 Å². The third-order valence-corrected chi connectivity index (χ3v) is 4.54. The summed E-state index contributed by atoms with van der Waals surface area (Å²) in [7, 11) is 1.32. The van der Waals surface area contributed by atoms with Gasteiger partial charge in [0, 0.05) is 34.9 Å². The molecule has 3 aromatic rings. The van der Waals surface area contributed by atoms with Crippen molar-refractivity contribution in [2.75, 3.05) is 7.11 Å². The number of aromatic nitrogens is 1. The number of benzene rings is 1. The number of amides is 1. The molecule has 25 heavy (non-hydrogen) atoms. The maximum absolute atomic E-state index is 12.2. The average Bonchev–Trinajstić information content (AvgIpc) is 3.20. The molecule has 126 valence electrons. The van der Waals surface area contributed by atoms with Crippen LogP contribution in [0.25, 0.3) is 10.4 Å². The minimum Gasteiger partial charge on any atom is -0.465 e. The number of carbonyl (C=O) groups is 2. The largest absolute Gasteiger partial charge is 0.465 e. The lowest BCUT2D eigenvalue weighted by molar-refractivity contribution is 0.0600. The molecule has 1 amide bonds. The first-order valence-corrected chi connectivity index (χ1v) is 8.50. The van der Waals surface area contributed by atoms with Crippen LogP contribution < -0.4 is 5.32 Å². The summed E-state index contributed by atoms with van der Waals surface area (Å²) in [5, 5.41) is 4.87. The van der Waals surface area contributed by atoms with E-state index < -0.39 is 5.97 Å². The number of hydrogen-bond donors (Lipinski definition) is 1. The molecule has 0 spiro atoms. The molecular weight excluding hydrogens is 336 g/mol. The van der Waals surface area contributed by atoms with Crippen LogP contribution >= 0.6 is 11.3 Å². The molecule has 0 unspecified atom stereocenters. The number of thiophene rings is 1. The number of carbonyl (C=O) groups excluding carboxylic acids is 2. The Labute approximate surface area is 149 Å². The highest BCUT2D eigenvalue weighted by Crippen LogP contribution is 2.24. The lowest BCUT2D eigenvalue weighted by atomic mass is 10.1. The van der Waals surface area contributed by atoms with Crippen LogP contribution in [0.2, 0.25) is 0 Å². The molecule has 6 heteroatoms. The van der Waals surface area contributed by atoms with E-state index in [-0.39, 0.29) is 5.91 Å². The van der Waals surface area contributed by atoms with Crippen molar-refractivity contribution >= 4 is 23.2 Å². The maximum atomic E-state index is 12.2. The molecule has 1 aromatic carbocycles. The number of hydrogen-bond acceptors (Lipinski definition) is 5. The van der Waals surface area contributed by atoms with E-state index in [1.165, 1.54) is 7.11 Å². The zero-order valence-electron chi connectivity index (χ0n) is 13.6. The predicted molar refractivity (Wildman–Crippen MR) is 96.5 cm³/mol. The van der Waals surface area contributed by atoms with Gasteiger partial charge in [-0.15, -0.1) is 11.3 Å². The van der Waals surface area contributed by atoms with Gasteiger partial charge in [0.15, 0.2) is 0 Å². The van der Waals surface area contributed by atoms with Crippen molar-refractivity contribution in [1.82, 2.24) is 10.3 Å². The highest BCUT2D eigenvalue weighted by molar-refractivity contribution is 7.13. The van der Waals surface area contributed by atoms with Crippen LogP contribution in [0.5, 0.6) is 0 Å². The van der Waals surface area contributed by atoms with Gasteiger partial charge in [0.25, 0.3) is 5.91 Å².